The Morgan fingerprint density at radius 3 is 2.66 bits per heavy atom. The van der Waals surface area contributed by atoms with E-state index in [1.54, 1.807) is 19.1 Å². The van der Waals surface area contributed by atoms with Crippen LogP contribution in [-0.2, 0) is 10.2 Å². The van der Waals surface area contributed by atoms with Crippen molar-refractivity contribution in [2.45, 2.75) is 51.0 Å². The van der Waals surface area contributed by atoms with Crippen LogP contribution in [0.5, 0.6) is 0 Å². The summed E-state index contributed by atoms with van der Waals surface area (Å²) < 4.78 is 14.3. The van der Waals surface area contributed by atoms with E-state index in [0.29, 0.717) is 41.8 Å². The third-order valence-electron chi connectivity index (χ3n) is 8.05. The maximum absolute atomic E-state index is 14.3. The first-order chi connectivity index (χ1) is 18.2. The molecular weight excluding hydrogens is 527 g/mol. The topological polar surface area (TPSA) is 91.3 Å². The summed E-state index contributed by atoms with van der Waals surface area (Å²) in [5, 5.41) is 13.5. The van der Waals surface area contributed by atoms with E-state index in [1.807, 2.05) is 16.7 Å². The number of nitrogens with zero attached hydrogens (tertiary/aromatic N) is 5. The monoisotopic (exact) mass is 554 g/mol. The second kappa shape index (κ2) is 9.57. The molecule has 0 unspecified atom stereocenters. The summed E-state index contributed by atoms with van der Waals surface area (Å²) in [6.45, 7) is 5.24. The summed E-state index contributed by atoms with van der Waals surface area (Å²) in [4.78, 5) is 34.7. The van der Waals surface area contributed by atoms with Crippen molar-refractivity contribution in [2.24, 2.45) is 5.92 Å². The molecule has 3 aliphatic rings. The molecule has 8 nitrogen and oxygen atoms in total. The summed E-state index contributed by atoms with van der Waals surface area (Å²) in [7, 11) is 0. The number of halogens is 2. The summed E-state index contributed by atoms with van der Waals surface area (Å²) >= 11 is 7.53. The Morgan fingerprint density at radius 1 is 1.18 bits per heavy atom. The number of pyridine rings is 1. The molecule has 1 saturated heterocycles. The van der Waals surface area contributed by atoms with Crippen LogP contribution in [0.25, 0.3) is 0 Å². The smallest absolute Gasteiger partial charge is 0.253 e. The second-order valence-electron chi connectivity index (χ2n) is 10.6. The molecule has 4 heterocycles. The number of fused-ring (bicyclic) bond motifs is 2. The van der Waals surface area contributed by atoms with Gasteiger partial charge in [0.05, 0.1) is 16.3 Å². The first-order valence-corrected chi connectivity index (χ1v) is 14.0. The van der Waals surface area contributed by atoms with E-state index in [-0.39, 0.29) is 23.7 Å². The Labute approximate surface area is 229 Å². The zero-order chi connectivity index (χ0) is 26.6. The molecule has 0 radical (unpaired) electrons. The van der Waals surface area contributed by atoms with Crippen molar-refractivity contribution in [1.82, 2.24) is 20.5 Å². The highest BCUT2D eigenvalue weighted by Crippen LogP contribution is 2.49. The minimum Gasteiger partial charge on any atom is -0.349 e. The molecule has 1 aromatic carbocycles. The van der Waals surface area contributed by atoms with Crippen LogP contribution < -0.4 is 15.1 Å². The minimum atomic E-state index is -0.745. The van der Waals surface area contributed by atoms with Gasteiger partial charge in [0.25, 0.3) is 5.91 Å². The van der Waals surface area contributed by atoms with Crippen molar-refractivity contribution in [3.63, 3.8) is 0 Å². The number of carbonyl (C=O) groups excluding carboxylic acids is 2. The molecule has 1 spiro atoms. The molecular formula is C27H28ClFN6O2S. The number of rotatable bonds is 5. The number of amides is 2. The van der Waals surface area contributed by atoms with E-state index < -0.39 is 5.41 Å². The quantitative estimate of drug-likeness (QED) is 0.501. The third-order valence-corrected chi connectivity index (χ3v) is 9.15. The number of benzene rings is 1. The minimum absolute atomic E-state index is 0.0370. The molecule has 2 aliphatic heterocycles. The maximum atomic E-state index is 14.3. The van der Waals surface area contributed by atoms with Crippen molar-refractivity contribution in [3.8, 4) is 0 Å². The molecule has 1 saturated carbocycles. The van der Waals surface area contributed by atoms with Crippen molar-refractivity contribution < 1.29 is 14.0 Å². The van der Waals surface area contributed by atoms with Gasteiger partial charge >= 0.3 is 0 Å². The van der Waals surface area contributed by atoms with Crippen LogP contribution in [0.4, 0.5) is 15.2 Å². The van der Waals surface area contributed by atoms with E-state index in [1.165, 1.54) is 29.7 Å². The van der Waals surface area contributed by atoms with Crippen molar-refractivity contribution in [2.75, 3.05) is 29.4 Å². The molecule has 2 aromatic heterocycles. The fraction of sp³-hybridized carbons (Fsp3) is 0.444. The van der Waals surface area contributed by atoms with Gasteiger partial charge in [-0.2, -0.15) is 0 Å². The van der Waals surface area contributed by atoms with Crippen LogP contribution in [0.3, 0.4) is 0 Å². The van der Waals surface area contributed by atoms with Gasteiger partial charge in [0, 0.05) is 37.6 Å². The lowest BCUT2D eigenvalue weighted by atomic mass is 9.75. The predicted molar refractivity (Wildman–Crippen MR) is 144 cm³/mol. The number of hydrogen-bond acceptors (Lipinski definition) is 7. The molecule has 3 aromatic rings. The molecule has 2 fully saturated rings. The van der Waals surface area contributed by atoms with Crippen LogP contribution in [0.15, 0.2) is 30.5 Å². The Bertz CT molecular complexity index is 1420. The van der Waals surface area contributed by atoms with Gasteiger partial charge in [0.1, 0.15) is 16.2 Å². The van der Waals surface area contributed by atoms with Crippen LogP contribution in [0.2, 0.25) is 5.02 Å². The lowest BCUT2D eigenvalue weighted by Gasteiger charge is -2.46. The molecule has 2 amide bonds. The van der Waals surface area contributed by atoms with Crippen molar-refractivity contribution in [1.29, 1.82) is 0 Å². The number of anilines is 2. The van der Waals surface area contributed by atoms with Gasteiger partial charge in [-0.1, -0.05) is 22.9 Å². The van der Waals surface area contributed by atoms with E-state index in [4.69, 9.17) is 11.6 Å². The number of nitrogens with one attached hydrogen (secondary N) is 1. The van der Waals surface area contributed by atoms with Gasteiger partial charge in [-0.05, 0) is 75.3 Å². The third kappa shape index (κ3) is 4.33. The van der Waals surface area contributed by atoms with Gasteiger partial charge in [0.15, 0.2) is 0 Å². The molecule has 198 valence electrons. The first-order valence-electron chi connectivity index (χ1n) is 12.8. The van der Waals surface area contributed by atoms with Crippen molar-refractivity contribution in [3.05, 3.63) is 63.1 Å². The van der Waals surface area contributed by atoms with Gasteiger partial charge in [-0.25, -0.2) is 4.39 Å². The van der Waals surface area contributed by atoms with Crippen LogP contribution in [0, 0.1) is 25.6 Å². The molecule has 38 heavy (non-hydrogen) atoms. The van der Waals surface area contributed by atoms with E-state index in [2.05, 4.69) is 20.5 Å². The fourth-order valence-electron chi connectivity index (χ4n) is 6.00. The van der Waals surface area contributed by atoms with Gasteiger partial charge in [-0.15, -0.1) is 10.2 Å². The molecule has 1 aliphatic carbocycles. The molecule has 6 rings (SSSR count). The maximum Gasteiger partial charge on any atom is 0.253 e. The second-order valence-corrected chi connectivity index (χ2v) is 12.2. The Balaban J connectivity index is 1.11. The Hall–Kier alpha value is -3.11. The predicted octanol–water partition coefficient (Wildman–Crippen LogP) is 4.44. The van der Waals surface area contributed by atoms with Crippen LogP contribution in [-0.4, -0.2) is 52.7 Å². The van der Waals surface area contributed by atoms with Gasteiger partial charge in [0.2, 0.25) is 11.0 Å². The molecule has 11 heteroatoms. The normalized spacial score (nSPS) is 21.9. The van der Waals surface area contributed by atoms with Gasteiger partial charge < -0.3 is 15.1 Å². The summed E-state index contributed by atoms with van der Waals surface area (Å²) in [5.41, 5.74) is 1.98. The Kier molecular flexibility index (Phi) is 6.34. The molecule has 1 N–H and O–H groups in total. The van der Waals surface area contributed by atoms with Crippen LogP contribution in [0.1, 0.15) is 52.3 Å². The highest BCUT2D eigenvalue weighted by atomic mass is 35.5. The van der Waals surface area contributed by atoms with Crippen LogP contribution >= 0.6 is 22.9 Å². The number of carbonyl (C=O) groups is 2. The van der Waals surface area contributed by atoms with E-state index in [0.717, 1.165) is 47.1 Å². The summed E-state index contributed by atoms with van der Waals surface area (Å²) in [5.74, 6) is -0.148. The summed E-state index contributed by atoms with van der Waals surface area (Å²) in [6.07, 6.45) is 4.98. The zero-order valence-electron chi connectivity index (χ0n) is 21.2. The Morgan fingerprint density at radius 2 is 1.95 bits per heavy atom. The average molecular weight is 555 g/mol. The zero-order valence-corrected chi connectivity index (χ0v) is 22.8. The lowest BCUT2D eigenvalue weighted by molar-refractivity contribution is -0.124. The van der Waals surface area contributed by atoms with E-state index >= 15 is 0 Å². The summed E-state index contributed by atoms with van der Waals surface area (Å²) in [6, 6.07) is 6.40. The number of aryl methyl sites for hydroxylation is 2. The molecule has 0 bridgehead atoms. The SMILES string of the molecule is Cc1nnc(N2CC3(C2)C(=O)N(CC2CCC(NC(=O)c4cc(Cl)cnc4C)CC2)c2ccc(F)cc23)s1. The van der Waals surface area contributed by atoms with Crippen molar-refractivity contribution >= 4 is 45.6 Å². The standard InChI is InChI=1S/C27H28ClFN6O2S/c1-15-21(9-18(28)11-30-15)24(36)31-20-6-3-17(4-7-20)12-35-23-8-5-19(29)10-22(23)27(25(35)37)13-34(14-27)26-33-32-16(2)38-26/h5,8-11,17,20H,3-4,6-7,12-14H2,1-2H3,(H,31,36). The largest absolute Gasteiger partial charge is 0.349 e. The number of hydrogen-bond donors (Lipinski definition) is 1. The number of aromatic nitrogens is 3. The molecule has 0 atom stereocenters. The van der Waals surface area contributed by atoms with Gasteiger partial charge in [-0.3, -0.25) is 14.6 Å². The average Bonchev–Trinajstić information content (AvgIpc) is 3.39. The fourth-order valence-corrected chi connectivity index (χ4v) is 6.84. The highest BCUT2D eigenvalue weighted by Gasteiger charge is 2.59. The van der Waals surface area contributed by atoms with E-state index in [9.17, 15) is 14.0 Å². The first kappa shape index (κ1) is 25.2. The lowest BCUT2D eigenvalue weighted by Crippen LogP contribution is -2.64. The highest BCUT2D eigenvalue weighted by molar-refractivity contribution is 7.15.